The van der Waals surface area contributed by atoms with Gasteiger partial charge >= 0.3 is 6.09 Å². The molecule has 2 saturated heterocycles. The lowest BCUT2D eigenvalue weighted by atomic mass is 10.1. The first-order chi connectivity index (χ1) is 18.6. The van der Waals surface area contributed by atoms with Crippen molar-refractivity contribution in [3.05, 3.63) is 35.9 Å². The highest BCUT2D eigenvalue weighted by atomic mass is 16.6. The summed E-state index contributed by atoms with van der Waals surface area (Å²) < 4.78 is 5.36. The number of anilines is 2. The number of hydrazine groups is 1. The van der Waals surface area contributed by atoms with Crippen molar-refractivity contribution < 1.29 is 19.1 Å². The molecule has 2 aliphatic rings. The highest BCUT2D eigenvalue weighted by Crippen LogP contribution is 2.20. The average Bonchev–Trinajstić information content (AvgIpc) is 3.45. The van der Waals surface area contributed by atoms with Crippen molar-refractivity contribution in [2.24, 2.45) is 0 Å². The molecule has 4 heterocycles. The number of hydrogen-bond donors (Lipinski definition) is 3. The van der Waals surface area contributed by atoms with Crippen LogP contribution in [-0.4, -0.2) is 75.9 Å². The minimum absolute atomic E-state index is 0.0656. The number of piperidine rings is 1. The van der Waals surface area contributed by atoms with Gasteiger partial charge in [-0.25, -0.2) is 9.78 Å². The summed E-state index contributed by atoms with van der Waals surface area (Å²) in [6, 6.07) is 3.48. The summed E-state index contributed by atoms with van der Waals surface area (Å²) in [5.74, 6) is -0.335. The number of amides is 3. The SMILES string of the molecule is CC(C(=O)NNC(=O)c1cncc(N2CCCC2)n1)c1ccc(N2CCC[C@@H](NC(=O)OC(C)(C)C)C2)nn1. The van der Waals surface area contributed by atoms with E-state index in [-0.39, 0.29) is 11.7 Å². The number of aromatic nitrogens is 4. The maximum atomic E-state index is 12.7. The Labute approximate surface area is 228 Å². The van der Waals surface area contributed by atoms with Crippen molar-refractivity contribution in [3.63, 3.8) is 0 Å². The van der Waals surface area contributed by atoms with E-state index in [0.717, 1.165) is 45.3 Å². The minimum atomic E-state index is -0.656. The van der Waals surface area contributed by atoms with Gasteiger partial charge in [0.05, 0.1) is 24.0 Å². The molecular formula is C26H37N9O4. The number of rotatable bonds is 6. The molecule has 2 atom stereocenters. The Bertz CT molecular complexity index is 1160. The van der Waals surface area contributed by atoms with E-state index in [2.05, 4.69) is 41.2 Å². The number of nitrogens with zero attached hydrogens (tertiary/aromatic N) is 6. The van der Waals surface area contributed by atoms with Crippen molar-refractivity contribution in [2.45, 2.75) is 70.9 Å². The number of carbonyl (C=O) groups excluding carboxylic acids is 3. The van der Waals surface area contributed by atoms with E-state index in [1.807, 2.05) is 25.7 Å². The Kier molecular flexibility index (Phi) is 8.77. The molecule has 0 saturated carbocycles. The summed E-state index contributed by atoms with van der Waals surface area (Å²) in [6.45, 7) is 10.3. The van der Waals surface area contributed by atoms with Crippen LogP contribution in [0.3, 0.4) is 0 Å². The fourth-order valence-corrected chi connectivity index (χ4v) is 4.50. The van der Waals surface area contributed by atoms with Gasteiger partial charge in [0.25, 0.3) is 5.91 Å². The van der Waals surface area contributed by atoms with Crippen LogP contribution in [0.1, 0.15) is 75.5 Å². The van der Waals surface area contributed by atoms with Crippen LogP contribution in [0.15, 0.2) is 24.5 Å². The Morgan fingerprint density at radius 2 is 1.72 bits per heavy atom. The number of carbonyl (C=O) groups is 3. The highest BCUT2D eigenvalue weighted by molar-refractivity contribution is 5.94. The Balaban J connectivity index is 1.28. The van der Waals surface area contributed by atoms with Gasteiger partial charge in [0.1, 0.15) is 11.4 Å². The van der Waals surface area contributed by atoms with Gasteiger partial charge in [-0.2, -0.15) is 5.10 Å². The number of ether oxygens (including phenoxy) is 1. The van der Waals surface area contributed by atoms with E-state index in [4.69, 9.17) is 4.74 Å². The topological polar surface area (TPSA) is 155 Å². The van der Waals surface area contributed by atoms with Gasteiger partial charge in [0.2, 0.25) is 5.91 Å². The summed E-state index contributed by atoms with van der Waals surface area (Å²) in [4.78, 5) is 50.0. The highest BCUT2D eigenvalue weighted by Gasteiger charge is 2.26. The second-order valence-corrected chi connectivity index (χ2v) is 10.9. The zero-order valence-corrected chi connectivity index (χ0v) is 22.9. The van der Waals surface area contributed by atoms with Crippen LogP contribution < -0.4 is 26.0 Å². The Hall–Kier alpha value is -4.03. The summed E-state index contributed by atoms with van der Waals surface area (Å²) in [5, 5.41) is 11.5. The molecule has 2 fully saturated rings. The van der Waals surface area contributed by atoms with E-state index in [0.29, 0.717) is 23.9 Å². The molecule has 0 aromatic carbocycles. The van der Waals surface area contributed by atoms with Gasteiger partial charge in [-0.15, -0.1) is 5.10 Å². The first kappa shape index (κ1) is 28.0. The molecule has 0 spiro atoms. The molecule has 2 aliphatic heterocycles. The van der Waals surface area contributed by atoms with E-state index < -0.39 is 29.4 Å². The monoisotopic (exact) mass is 539 g/mol. The summed E-state index contributed by atoms with van der Waals surface area (Å²) >= 11 is 0. The molecule has 3 amide bonds. The fraction of sp³-hybridized carbons (Fsp3) is 0.577. The minimum Gasteiger partial charge on any atom is -0.444 e. The van der Waals surface area contributed by atoms with E-state index >= 15 is 0 Å². The summed E-state index contributed by atoms with van der Waals surface area (Å²) in [5.41, 5.74) is 4.87. The standard InChI is InChI=1S/C26H37N9O4/c1-17(23(36)32-33-24(37)20-14-27-15-22(29-20)34-11-5-6-12-34)19-9-10-21(31-30-19)35-13-7-8-18(16-35)28-25(38)39-26(2,3)4/h9-10,14-15,17-18H,5-8,11-13,16H2,1-4H3,(H,28,38)(H,32,36)(H,33,37)/t17?,18-/m1/s1. The lowest BCUT2D eigenvalue weighted by Crippen LogP contribution is -2.49. The third-order valence-corrected chi connectivity index (χ3v) is 6.56. The third kappa shape index (κ3) is 7.74. The van der Waals surface area contributed by atoms with Crippen LogP contribution >= 0.6 is 0 Å². The fourth-order valence-electron chi connectivity index (χ4n) is 4.50. The van der Waals surface area contributed by atoms with Gasteiger partial charge in [0.15, 0.2) is 11.5 Å². The van der Waals surface area contributed by atoms with E-state index in [9.17, 15) is 14.4 Å². The number of alkyl carbamates (subject to hydrolysis) is 1. The predicted molar refractivity (Wildman–Crippen MR) is 144 cm³/mol. The molecule has 4 rings (SSSR count). The largest absolute Gasteiger partial charge is 0.444 e. The number of nitrogens with one attached hydrogen (secondary N) is 3. The third-order valence-electron chi connectivity index (χ3n) is 6.56. The zero-order valence-electron chi connectivity index (χ0n) is 22.9. The molecule has 39 heavy (non-hydrogen) atoms. The molecule has 2 aromatic rings. The van der Waals surface area contributed by atoms with E-state index in [1.54, 1.807) is 25.3 Å². The smallest absolute Gasteiger partial charge is 0.407 e. The molecule has 2 aromatic heterocycles. The van der Waals surface area contributed by atoms with Crippen molar-refractivity contribution in [1.82, 2.24) is 36.3 Å². The van der Waals surface area contributed by atoms with Crippen LogP contribution in [0.5, 0.6) is 0 Å². The quantitative estimate of drug-likeness (QED) is 0.464. The second-order valence-electron chi connectivity index (χ2n) is 10.9. The van der Waals surface area contributed by atoms with Crippen molar-refractivity contribution in [2.75, 3.05) is 36.0 Å². The van der Waals surface area contributed by atoms with Gasteiger partial charge in [-0.3, -0.25) is 25.4 Å². The normalized spacial score (nSPS) is 18.3. The van der Waals surface area contributed by atoms with Crippen LogP contribution in [0, 0.1) is 0 Å². The van der Waals surface area contributed by atoms with Crippen LogP contribution in [0.25, 0.3) is 0 Å². The molecule has 0 bridgehead atoms. The van der Waals surface area contributed by atoms with Crippen molar-refractivity contribution >= 4 is 29.5 Å². The molecule has 1 unspecified atom stereocenters. The van der Waals surface area contributed by atoms with Crippen LogP contribution in [0.4, 0.5) is 16.4 Å². The van der Waals surface area contributed by atoms with E-state index in [1.165, 1.54) is 6.20 Å². The molecule has 0 radical (unpaired) electrons. The van der Waals surface area contributed by atoms with Gasteiger partial charge < -0.3 is 19.9 Å². The van der Waals surface area contributed by atoms with Crippen LogP contribution in [-0.2, 0) is 9.53 Å². The van der Waals surface area contributed by atoms with Gasteiger partial charge in [-0.1, -0.05) is 0 Å². The van der Waals surface area contributed by atoms with Gasteiger partial charge in [0, 0.05) is 32.2 Å². The van der Waals surface area contributed by atoms with Gasteiger partial charge in [-0.05, 0) is 65.5 Å². The lowest BCUT2D eigenvalue weighted by Gasteiger charge is -2.34. The Morgan fingerprint density at radius 1 is 0.974 bits per heavy atom. The van der Waals surface area contributed by atoms with Crippen LogP contribution in [0.2, 0.25) is 0 Å². The molecule has 13 heteroatoms. The zero-order chi connectivity index (χ0) is 28.0. The molecule has 210 valence electrons. The first-order valence-electron chi connectivity index (χ1n) is 13.3. The first-order valence-corrected chi connectivity index (χ1v) is 13.3. The maximum Gasteiger partial charge on any atom is 0.407 e. The number of hydrogen-bond acceptors (Lipinski definition) is 10. The lowest BCUT2D eigenvalue weighted by molar-refractivity contribution is -0.123. The summed E-state index contributed by atoms with van der Waals surface area (Å²) in [7, 11) is 0. The second kappa shape index (κ2) is 12.2. The molecular weight excluding hydrogens is 502 g/mol. The summed E-state index contributed by atoms with van der Waals surface area (Å²) in [6.07, 6.45) is 6.45. The predicted octanol–water partition coefficient (Wildman–Crippen LogP) is 1.92. The van der Waals surface area contributed by atoms with Crippen molar-refractivity contribution in [3.8, 4) is 0 Å². The molecule has 3 N–H and O–H groups in total. The van der Waals surface area contributed by atoms with Crippen molar-refractivity contribution in [1.29, 1.82) is 0 Å². The molecule has 0 aliphatic carbocycles. The average molecular weight is 540 g/mol. The Morgan fingerprint density at radius 3 is 2.41 bits per heavy atom. The molecule has 13 nitrogen and oxygen atoms in total. The maximum absolute atomic E-state index is 12.7.